The van der Waals surface area contributed by atoms with Crippen molar-refractivity contribution in [2.75, 3.05) is 16.4 Å². The number of nitrogens with zero attached hydrogens (tertiary/aromatic N) is 3. The fourth-order valence-corrected chi connectivity index (χ4v) is 3.80. The molecule has 12 heteroatoms. The molecular formula is C16H11ClFN5O3S2. The molecule has 1 aromatic heterocycles. The van der Waals surface area contributed by atoms with E-state index in [0.717, 1.165) is 29.2 Å². The van der Waals surface area contributed by atoms with Crippen molar-refractivity contribution in [1.82, 2.24) is 10.2 Å². The number of thioether (sulfide) groups is 1. The molecule has 3 rings (SSSR count). The Balaban J connectivity index is 1.58. The summed E-state index contributed by atoms with van der Waals surface area (Å²) in [4.78, 5) is 22.5. The monoisotopic (exact) mass is 439 g/mol. The zero-order valence-electron chi connectivity index (χ0n) is 13.9. The van der Waals surface area contributed by atoms with E-state index in [0.29, 0.717) is 9.47 Å². The molecule has 0 bridgehead atoms. The largest absolute Gasteiger partial charge is 0.328 e. The topological polar surface area (TPSA) is 110 Å². The van der Waals surface area contributed by atoms with Gasteiger partial charge in [0.15, 0.2) is 4.34 Å². The third-order valence-corrected chi connectivity index (χ3v) is 5.49. The van der Waals surface area contributed by atoms with Crippen LogP contribution in [0.25, 0.3) is 0 Å². The van der Waals surface area contributed by atoms with Crippen LogP contribution in [0.15, 0.2) is 46.8 Å². The Kier molecular flexibility index (Phi) is 6.39. The zero-order valence-corrected chi connectivity index (χ0v) is 16.3. The van der Waals surface area contributed by atoms with Crippen LogP contribution >= 0.6 is 34.7 Å². The van der Waals surface area contributed by atoms with Gasteiger partial charge in [0.25, 0.3) is 5.69 Å². The highest BCUT2D eigenvalue weighted by molar-refractivity contribution is 8.01. The maximum atomic E-state index is 13.6. The highest BCUT2D eigenvalue weighted by atomic mass is 35.5. The van der Waals surface area contributed by atoms with Crippen molar-refractivity contribution in [2.45, 2.75) is 4.34 Å². The number of hydrogen-bond acceptors (Lipinski definition) is 8. The fourth-order valence-electron chi connectivity index (χ4n) is 2.07. The van der Waals surface area contributed by atoms with Crippen LogP contribution in [0.4, 0.5) is 26.6 Å². The molecular weight excluding hydrogens is 429 g/mol. The number of aromatic nitrogens is 2. The Bertz CT molecular complexity index is 1030. The molecule has 28 heavy (non-hydrogen) atoms. The molecule has 0 fully saturated rings. The second-order valence-corrected chi connectivity index (χ2v) is 7.87. The number of rotatable bonds is 7. The molecule has 0 saturated heterocycles. The van der Waals surface area contributed by atoms with E-state index in [2.05, 4.69) is 20.8 Å². The van der Waals surface area contributed by atoms with Gasteiger partial charge in [-0.25, -0.2) is 4.39 Å². The van der Waals surface area contributed by atoms with Gasteiger partial charge in [-0.1, -0.05) is 46.8 Å². The lowest BCUT2D eigenvalue weighted by molar-refractivity contribution is -0.383. The van der Waals surface area contributed by atoms with Crippen LogP contribution in [0.5, 0.6) is 0 Å². The van der Waals surface area contributed by atoms with E-state index in [4.69, 9.17) is 11.6 Å². The number of benzene rings is 2. The van der Waals surface area contributed by atoms with E-state index in [-0.39, 0.29) is 27.8 Å². The Morgan fingerprint density at radius 1 is 1.25 bits per heavy atom. The fraction of sp³-hybridized carbons (Fsp3) is 0.0625. The summed E-state index contributed by atoms with van der Waals surface area (Å²) < 4.78 is 14.1. The molecule has 3 aromatic rings. The molecule has 0 atom stereocenters. The summed E-state index contributed by atoms with van der Waals surface area (Å²) in [6, 6.07) is 10.1. The van der Waals surface area contributed by atoms with Crippen molar-refractivity contribution in [1.29, 1.82) is 0 Å². The van der Waals surface area contributed by atoms with Crippen LogP contribution < -0.4 is 10.6 Å². The van der Waals surface area contributed by atoms with Gasteiger partial charge < -0.3 is 10.6 Å². The lowest BCUT2D eigenvalue weighted by Crippen LogP contribution is -2.15. The maximum absolute atomic E-state index is 13.6. The predicted octanol–water partition coefficient (Wildman–Crippen LogP) is 4.71. The highest BCUT2D eigenvalue weighted by Crippen LogP contribution is 2.30. The normalized spacial score (nSPS) is 10.5. The number of carbonyl (C=O) groups is 1. The number of para-hydroxylation sites is 1. The van der Waals surface area contributed by atoms with Crippen LogP contribution in [0.1, 0.15) is 0 Å². The van der Waals surface area contributed by atoms with Crippen molar-refractivity contribution in [3.05, 3.63) is 63.4 Å². The first kappa shape index (κ1) is 20.0. The van der Waals surface area contributed by atoms with E-state index in [9.17, 15) is 19.3 Å². The number of carbonyl (C=O) groups excluding carboxylic acids is 1. The van der Waals surface area contributed by atoms with Crippen LogP contribution in [0.2, 0.25) is 5.02 Å². The summed E-state index contributed by atoms with van der Waals surface area (Å²) >= 11 is 8.00. The second-order valence-electron chi connectivity index (χ2n) is 5.23. The number of amides is 1. The minimum Gasteiger partial charge on any atom is -0.328 e. The van der Waals surface area contributed by atoms with Gasteiger partial charge in [-0.15, -0.1) is 10.2 Å². The third kappa shape index (κ3) is 5.15. The molecule has 8 nitrogen and oxygen atoms in total. The number of nitrogens with one attached hydrogen (secondary N) is 2. The molecule has 0 aliphatic heterocycles. The maximum Gasteiger partial charge on any atom is 0.294 e. The summed E-state index contributed by atoms with van der Waals surface area (Å²) in [6.07, 6.45) is 0. The Hall–Kier alpha value is -2.76. The molecule has 0 unspecified atom stereocenters. The SMILES string of the molecule is O=C(CSc1nnc(Nc2ccccc2F)s1)Nc1ccc(Cl)cc1[N+](=O)[O-]. The molecule has 0 aliphatic rings. The summed E-state index contributed by atoms with van der Waals surface area (Å²) in [5, 5.41) is 24.7. The Morgan fingerprint density at radius 2 is 2.04 bits per heavy atom. The molecule has 2 aromatic carbocycles. The van der Waals surface area contributed by atoms with Gasteiger partial charge in [0.05, 0.1) is 16.4 Å². The van der Waals surface area contributed by atoms with Gasteiger partial charge >= 0.3 is 0 Å². The van der Waals surface area contributed by atoms with Crippen LogP contribution in [0.3, 0.4) is 0 Å². The number of anilines is 3. The quantitative estimate of drug-likeness (QED) is 0.311. The van der Waals surface area contributed by atoms with Gasteiger partial charge in [-0.3, -0.25) is 14.9 Å². The van der Waals surface area contributed by atoms with Gasteiger partial charge in [-0.2, -0.15) is 0 Å². The van der Waals surface area contributed by atoms with Crippen molar-refractivity contribution >= 4 is 62.8 Å². The first-order valence-electron chi connectivity index (χ1n) is 7.64. The smallest absolute Gasteiger partial charge is 0.294 e. The average molecular weight is 440 g/mol. The number of nitro groups is 1. The van der Waals surface area contributed by atoms with Crippen molar-refractivity contribution in [3.63, 3.8) is 0 Å². The molecule has 2 N–H and O–H groups in total. The molecule has 0 aliphatic carbocycles. The predicted molar refractivity (Wildman–Crippen MR) is 107 cm³/mol. The van der Waals surface area contributed by atoms with Crippen molar-refractivity contribution in [3.8, 4) is 0 Å². The summed E-state index contributed by atoms with van der Waals surface area (Å²) in [7, 11) is 0. The van der Waals surface area contributed by atoms with Crippen LogP contribution in [0, 0.1) is 15.9 Å². The average Bonchev–Trinajstić information content (AvgIpc) is 3.11. The number of halogens is 2. The molecule has 1 heterocycles. The van der Waals surface area contributed by atoms with Gasteiger partial charge in [0.1, 0.15) is 11.5 Å². The number of nitro benzene ring substituents is 1. The summed E-state index contributed by atoms with van der Waals surface area (Å²) in [5.41, 5.74) is 0.0281. The second kappa shape index (κ2) is 8.95. The van der Waals surface area contributed by atoms with Gasteiger partial charge in [0, 0.05) is 11.1 Å². The molecule has 1 amide bonds. The highest BCUT2D eigenvalue weighted by Gasteiger charge is 2.17. The van der Waals surface area contributed by atoms with E-state index in [1.807, 2.05) is 0 Å². The van der Waals surface area contributed by atoms with Crippen LogP contribution in [-0.4, -0.2) is 26.8 Å². The van der Waals surface area contributed by atoms with Gasteiger partial charge in [-0.05, 0) is 24.3 Å². The molecule has 0 saturated carbocycles. The van der Waals surface area contributed by atoms with E-state index < -0.39 is 16.6 Å². The first-order chi connectivity index (χ1) is 13.4. The lowest BCUT2D eigenvalue weighted by Gasteiger charge is -2.05. The van der Waals surface area contributed by atoms with Crippen molar-refractivity contribution in [2.24, 2.45) is 0 Å². The van der Waals surface area contributed by atoms with Crippen molar-refractivity contribution < 1.29 is 14.1 Å². The van der Waals surface area contributed by atoms with E-state index in [1.165, 1.54) is 18.2 Å². The van der Waals surface area contributed by atoms with Gasteiger partial charge in [0.2, 0.25) is 11.0 Å². The standard InChI is InChI=1S/C16H11ClFN5O3S2/c17-9-5-6-12(13(7-9)23(25)26)19-14(24)8-27-16-22-21-15(28-16)20-11-4-2-1-3-10(11)18/h1-7H,8H2,(H,19,24)(H,20,21). The molecule has 0 spiro atoms. The van der Waals surface area contributed by atoms with E-state index >= 15 is 0 Å². The third-order valence-electron chi connectivity index (χ3n) is 3.28. The minimum absolute atomic E-state index is 0.0336. The van der Waals surface area contributed by atoms with Crippen LogP contribution in [-0.2, 0) is 4.79 Å². The summed E-state index contributed by atoms with van der Waals surface area (Å²) in [5.74, 6) is -0.904. The molecule has 144 valence electrons. The Labute approximate surface area is 171 Å². The first-order valence-corrected chi connectivity index (χ1v) is 9.82. The molecule has 0 radical (unpaired) electrons. The zero-order chi connectivity index (χ0) is 20.1. The lowest BCUT2D eigenvalue weighted by atomic mass is 10.2. The van der Waals surface area contributed by atoms with E-state index in [1.54, 1.807) is 18.2 Å². The number of hydrogen-bond donors (Lipinski definition) is 2. The minimum atomic E-state index is -0.625. The summed E-state index contributed by atoms with van der Waals surface area (Å²) in [6.45, 7) is 0. The Morgan fingerprint density at radius 3 is 2.79 bits per heavy atom.